The first-order valence-electron chi connectivity index (χ1n) is 5.70. The van der Waals surface area contributed by atoms with E-state index in [9.17, 15) is 5.11 Å². The summed E-state index contributed by atoms with van der Waals surface area (Å²) < 4.78 is 0. The van der Waals surface area contributed by atoms with Crippen LogP contribution in [0.5, 0.6) is 0 Å². The van der Waals surface area contributed by atoms with Crippen LogP contribution >= 0.6 is 0 Å². The van der Waals surface area contributed by atoms with Gasteiger partial charge in [-0.25, -0.2) is 0 Å². The quantitative estimate of drug-likeness (QED) is 0.819. The van der Waals surface area contributed by atoms with Crippen LogP contribution in [-0.4, -0.2) is 17.1 Å². The summed E-state index contributed by atoms with van der Waals surface area (Å²) in [6.45, 7) is 3.01. The van der Waals surface area contributed by atoms with Crippen molar-refractivity contribution < 1.29 is 5.11 Å². The molecule has 1 atom stereocenters. The van der Waals surface area contributed by atoms with Crippen LogP contribution in [0.1, 0.15) is 37.3 Å². The van der Waals surface area contributed by atoms with E-state index < -0.39 is 5.72 Å². The average molecular weight is 205 g/mol. The van der Waals surface area contributed by atoms with E-state index in [2.05, 4.69) is 19.1 Å². The van der Waals surface area contributed by atoms with Gasteiger partial charge >= 0.3 is 0 Å². The summed E-state index contributed by atoms with van der Waals surface area (Å²) in [7, 11) is 2.00. The maximum absolute atomic E-state index is 10.7. The molecule has 0 amide bonds. The lowest BCUT2D eigenvalue weighted by Crippen LogP contribution is -2.38. The van der Waals surface area contributed by atoms with Gasteiger partial charge in [0, 0.05) is 12.1 Å². The second-order valence-corrected chi connectivity index (χ2v) is 4.43. The second kappa shape index (κ2) is 3.95. The van der Waals surface area contributed by atoms with E-state index in [-0.39, 0.29) is 0 Å². The first-order valence-corrected chi connectivity index (χ1v) is 5.70. The molecule has 0 spiro atoms. The lowest BCUT2D eigenvalue weighted by molar-refractivity contribution is -0.0995. The molecule has 1 aromatic carbocycles. The molecule has 1 unspecified atom stereocenters. The second-order valence-electron chi connectivity index (χ2n) is 4.43. The molecule has 1 N–H and O–H groups in total. The number of fused-ring (bicyclic) bond motifs is 1. The SMILES string of the molecule is CCCCC1(O)c2ccccc2CN1C. The van der Waals surface area contributed by atoms with Crippen LogP contribution < -0.4 is 0 Å². The van der Waals surface area contributed by atoms with Gasteiger partial charge in [0.2, 0.25) is 0 Å². The van der Waals surface area contributed by atoms with Gasteiger partial charge in [-0.3, -0.25) is 4.90 Å². The van der Waals surface area contributed by atoms with E-state index in [1.807, 2.05) is 24.1 Å². The van der Waals surface area contributed by atoms with Gasteiger partial charge in [0.25, 0.3) is 0 Å². The molecule has 2 rings (SSSR count). The molecule has 1 aliphatic rings. The highest BCUT2D eigenvalue weighted by molar-refractivity contribution is 5.35. The van der Waals surface area contributed by atoms with Gasteiger partial charge < -0.3 is 5.11 Å². The van der Waals surface area contributed by atoms with Crippen molar-refractivity contribution in [1.29, 1.82) is 0 Å². The van der Waals surface area contributed by atoms with Crippen LogP contribution in [-0.2, 0) is 12.3 Å². The smallest absolute Gasteiger partial charge is 0.144 e. The third-order valence-corrected chi connectivity index (χ3v) is 3.37. The normalized spacial score (nSPS) is 25.5. The topological polar surface area (TPSA) is 23.5 Å². The molecule has 0 bridgehead atoms. The van der Waals surface area contributed by atoms with Crippen molar-refractivity contribution in [2.45, 2.75) is 38.5 Å². The van der Waals surface area contributed by atoms with Gasteiger partial charge in [-0.1, -0.05) is 37.6 Å². The molecule has 82 valence electrons. The van der Waals surface area contributed by atoms with Gasteiger partial charge in [0.05, 0.1) is 0 Å². The molecule has 0 fully saturated rings. The molecular weight excluding hydrogens is 186 g/mol. The zero-order valence-corrected chi connectivity index (χ0v) is 9.53. The van der Waals surface area contributed by atoms with Crippen LogP contribution in [0.2, 0.25) is 0 Å². The first kappa shape index (κ1) is 10.7. The number of unbranched alkanes of at least 4 members (excludes halogenated alkanes) is 1. The third-order valence-electron chi connectivity index (χ3n) is 3.37. The Balaban J connectivity index is 2.31. The molecule has 0 aromatic heterocycles. The maximum atomic E-state index is 10.7. The fourth-order valence-electron chi connectivity index (χ4n) is 2.39. The first-order chi connectivity index (χ1) is 7.18. The van der Waals surface area contributed by atoms with E-state index in [1.54, 1.807) is 0 Å². The Morgan fingerprint density at radius 1 is 1.40 bits per heavy atom. The van der Waals surface area contributed by atoms with Crippen LogP contribution in [0.15, 0.2) is 24.3 Å². The Morgan fingerprint density at radius 2 is 2.13 bits per heavy atom. The Kier molecular flexibility index (Phi) is 2.81. The van der Waals surface area contributed by atoms with Crippen LogP contribution in [0.3, 0.4) is 0 Å². The van der Waals surface area contributed by atoms with E-state index in [4.69, 9.17) is 0 Å². The highest BCUT2D eigenvalue weighted by atomic mass is 16.3. The van der Waals surface area contributed by atoms with Crippen molar-refractivity contribution in [1.82, 2.24) is 4.90 Å². The minimum Gasteiger partial charge on any atom is -0.371 e. The van der Waals surface area contributed by atoms with Crippen LogP contribution in [0.25, 0.3) is 0 Å². The number of rotatable bonds is 3. The minimum atomic E-state index is -0.730. The molecule has 2 heteroatoms. The van der Waals surface area contributed by atoms with Crippen molar-refractivity contribution in [3.63, 3.8) is 0 Å². The summed E-state index contributed by atoms with van der Waals surface area (Å²) in [6.07, 6.45) is 3.02. The largest absolute Gasteiger partial charge is 0.371 e. The summed E-state index contributed by atoms with van der Waals surface area (Å²) >= 11 is 0. The minimum absolute atomic E-state index is 0.730. The molecule has 0 saturated carbocycles. The van der Waals surface area contributed by atoms with Gasteiger partial charge in [-0.15, -0.1) is 0 Å². The van der Waals surface area contributed by atoms with Crippen LogP contribution in [0.4, 0.5) is 0 Å². The van der Waals surface area contributed by atoms with E-state index in [1.165, 1.54) is 5.56 Å². The van der Waals surface area contributed by atoms with Crippen molar-refractivity contribution in [2.75, 3.05) is 7.05 Å². The molecule has 1 heterocycles. The van der Waals surface area contributed by atoms with Crippen molar-refractivity contribution in [3.8, 4) is 0 Å². The van der Waals surface area contributed by atoms with Gasteiger partial charge in [0.1, 0.15) is 5.72 Å². The number of nitrogens with zero attached hydrogens (tertiary/aromatic N) is 1. The fourth-order valence-corrected chi connectivity index (χ4v) is 2.39. The predicted octanol–water partition coefficient (Wildman–Crippen LogP) is 2.47. The maximum Gasteiger partial charge on any atom is 0.144 e. The number of hydrogen-bond acceptors (Lipinski definition) is 2. The van der Waals surface area contributed by atoms with Crippen molar-refractivity contribution in [3.05, 3.63) is 35.4 Å². The number of hydrogen-bond donors (Lipinski definition) is 1. The van der Waals surface area contributed by atoms with Crippen molar-refractivity contribution >= 4 is 0 Å². The highest BCUT2D eigenvalue weighted by Crippen LogP contribution is 2.39. The summed E-state index contributed by atoms with van der Waals surface area (Å²) in [4.78, 5) is 2.05. The molecule has 15 heavy (non-hydrogen) atoms. The molecule has 0 aliphatic carbocycles. The summed E-state index contributed by atoms with van der Waals surface area (Å²) in [6, 6.07) is 8.21. The summed E-state index contributed by atoms with van der Waals surface area (Å²) in [5.74, 6) is 0. The van der Waals surface area contributed by atoms with E-state index >= 15 is 0 Å². The predicted molar refractivity (Wildman–Crippen MR) is 61.3 cm³/mol. The van der Waals surface area contributed by atoms with Gasteiger partial charge in [-0.2, -0.15) is 0 Å². The Bertz CT molecular complexity index is 350. The van der Waals surface area contributed by atoms with Gasteiger partial charge in [-0.05, 0) is 25.5 Å². The fraction of sp³-hybridized carbons (Fsp3) is 0.538. The summed E-state index contributed by atoms with van der Waals surface area (Å²) in [5, 5.41) is 10.7. The zero-order valence-electron chi connectivity index (χ0n) is 9.53. The van der Waals surface area contributed by atoms with E-state index in [0.717, 1.165) is 31.4 Å². The number of benzene rings is 1. The molecule has 1 aliphatic heterocycles. The lowest BCUT2D eigenvalue weighted by atomic mass is 9.96. The van der Waals surface area contributed by atoms with Crippen molar-refractivity contribution in [2.24, 2.45) is 0 Å². The van der Waals surface area contributed by atoms with Crippen LogP contribution in [0, 0.1) is 0 Å². The Labute approximate surface area is 91.5 Å². The zero-order chi connectivity index (χ0) is 10.9. The van der Waals surface area contributed by atoms with E-state index in [0.29, 0.717) is 0 Å². The van der Waals surface area contributed by atoms with Gasteiger partial charge in [0.15, 0.2) is 0 Å². The third kappa shape index (κ3) is 1.68. The highest BCUT2D eigenvalue weighted by Gasteiger charge is 2.40. The molecule has 1 aromatic rings. The molecular formula is C13H19NO. The molecule has 0 saturated heterocycles. The molecule has 0 radical (unpaired) electrons. The molecule has 2 nitrogen and oxygen atoms in total. The number of aliphatic hydroxyl groups is 1. The monoisotopic (exact) mass is 205 g/mol. The standard InChI is InChI=1S/C13H19NO/c1-3-4-9-13(15)12-8-6-5-7-11(12)10-14(13)2/h5-8,15H,3-4,9-10H2,1-2H3. The summed E-state index contributed by atoms with van der Waals surface area (Å²) in [5.41, 5.74) is 1.63. The lowest BCUT2D eigenvalue weighted by Gasteiger charge is -2.31. The Hall–Kier alpha value is -0.860. The average Bonchev–Trinajstić information content (AvgIpc) is 2.50. The Morgan fingerprint density at radius 3 is 2.87 bits per heavy atom.